The number of rotatable bonds is 3. The number of aromatic nitrogens is 1. The van der Waals surface area contributed by atoms with Crippen LogP contribution in [-0.4, -0.2) is 16.8 Å². The Labute approximate surface area is 143 Å². The van der Waals surface area contributed by atoms with E-state index in [1.54, 1.807) is 12.1 Å². The van der Waals surface area contributed by atoms with E-state index in [0.29, 0.717) is 17.2 Å². The number of oxazole rings is 1. The molecule has 4 nitrogen and oxygen atoms in total. The van der Waals surface area contributed by atoms with Gasteiger partial charge in [-0.3, -0.25) is 4.79 Å². The van der Waals surface area contributed by atoms with E-state index in [2.05, 4.69) is 22.4 Å². The van der Waals surface area contributed by atoms with Crippen LogP contribution in [0.2, 0.25) is 0 Å². The fourth-order valence-electron chi connectivity index (χ4n) is 2.72. The summed E-state index contributed by atoms with van der Waals surface area (Å²) in [6.07, 6.45) is 0. The van der Waals surface area contributed by atoms with Crippen molar-refractivity contribution in [3.8, 4) is 11.5 Å². The van der Waals surface area contributed by atoms with Gasteiger partial charge in [0, 0.05) is 17.3 Å². The zero-order chi connectivity index (χ0) is 16.5. The predicted molar refractivity (Wildman–Crippen MR) is 96.3 cm³/mol. The Morgan fingerprint density at radius 1 is 1.08 bits per heavy atom. The second kappa shape index (κ2) is 5.98. The summed E-state index contributed by atoms with van der Waals surface area (Å²) < 4.78 is 5.92. The molecular weight excluding hydrogens is 324 g/mol. The number of amides is 1. The van der Waals surface area contributed by atoms with Crippen LogP contribution in [0.15, 0.2) is 65.1 Å². The molecule has 0 spiro atoms. The quantitative estimate of drug-likeness (QED) is 0.545. The van der Waals surface area contributed by atoms with Gasteiger partial charge in [-0.05, 0) is 29.0 Å². The number of anilines is 1. The molecule has 0 bridgehead atoms. The van der Waals surface area contributed by atoms with Gasteiger partial charge in [0.1, 0.15) is 11.4 Å². The third kappa shape index (κ3) is 2.61. The molecular formula is C19H13ClN2O2. The lowest BCUT2D eigenvalue weighted by molar-refractivity contribution is -0.113. The Hall–Kier alpha value is -2.85. The van der Waals surface area contributed by atoms with Crippen LogP contribution in [0.5, 0.6) is 0 Å². The number of benzene rings is 3. The van der Waals surface area contributed by atoms with Crippen LogP contribution in [0.3, 0.4) is 0 Å². The predicted octanol–water partition coefficient (Wildman–Crippen LogP) is 4.83. The smallest absolute Gasteiger partial charge is 0.239 e. The normalized spacial score (nSPS) is 11.0. The molecule has 1 N–H and O–H groups in total. The van der Waals surface area contributed by atoms with Crippen molar-refractivity contribution in [3.05, 3.63) is 60.7 Å². The van der Waals surface area contributed by atoms with Gasteiger partial charge in [0.2, 0.25) is 11.8 Å². The highest BCUT2D eigenvalue weighted by molar-refractivity contribution is 6.29. The molecule has 0 radical (unpaired) electrons. The van der Waals surface area contributed by atoms with Gasteiger partial charge in [-0.25, -0.2) is 4.98 Å². The first-order chi connectivity index (χ1) is 11.7. The lowest BCUT2D eigenvalue weighted by atomic mass is 10.0. The van der Waals surface area contributed by atoms with Crippen molar-refractivity contribution in [1.82, 2.24) is 4.98 Å². The van der Waals surface area contributed by atoms with Crippen LogP contribution in [0, 0.1) is 0 Å². The van der Waals surface area contributed by atoms with Crippen molar-refractivity contribution >= 4 is 45.1 Å². The van der Waals surface area contributed by atoms with Crippen molar-refractivity contribution in [2.75, 3.05) is 11.2 Å². The Bertz CT molecular complexity index is 1050. The molecule has 1 amide bonds. The minimum Gasteiger partial charge on any atom is -0.436 e. The van der Waals surface area contributed by atoms with Crippen molar-refractivity contribution in [2.45, 2.75) is 0 Å². The second-order valence-electron chi connectivity index (χ2n) is 5.41. The molecule has 0 aliphatic rings. The van der Waals surface area contributed by atoms with Crippen LogP contribution >= 0.6 is 11.6 Å². The third-order valence-corrected chi connectivity index (χ3v) is 4.06. The molecule has 4 aromatic rings. The van der Waals surface area contributed by atoms with Crippen LogP contribution in [0.1, 0.15) is 0 Å². The van der Waals surface area contributed by atoms with Gasteiger partial charge < -0.3 is 9.73 Å². The highest BCUT2D eigenvalue weighted by Crippen LogP contribution is 2.31. The molecule has 5 heteroatoms. The van der Waals surface area contributed by atoms with Crippen molar-refractivity contribution < 1.29 is 9.21 Å². The molecule has 0 saturated heterocycles. The monoisotopic (exact) mass is 336 g/mol. The SMILES string of the molecule is O=C(CCl)Nc1ccc2nc(-c3cccc4ccccc34)oc2c1. The largest absolute Gasteiger partial charge is 0.436 e. The van der Waals surface area contributed by atoms with Crippen molar-refractivity contribution in [2.24, 2.45) is 0 Å². The molecule has 118 valence electrons. The van der Waals surface area contributed by atoms with Crippen LogP contribution in [0.25, 0.3) is 33.3 Å². The number of hydrogen-bond donors (Lipinski definition) is 1. The van der Waals surface area contributed by atoms with Crippen LogP contribution in [0.4, 0.5) is 5.69 Å². The Kier molecular flexibility index (Phi) is 3.67. The van der Waals surface area contributed by atoms with Gasteiger partial charge in [0.05, 0.1) is 0 Å². The maximum atomic E-state index is 11.4. The first kappa shape index (κ1) is 14.7. The van der Waals surface area contributed by atoms with E-state index in [1.807, 2.05) is 36.4 Å². The van der Waals surface area contributed by atoms with E-state index in [4.69, 9.17) is 16.0 Å². The molecule has 0 saturated carbocycles. The molecule has 1 aromatic heterocycles. The summed E-state index contributed by atoms with van der Waals surface area (Å²) in [7, 11) is 0. The standard InChI is InChI=1S/C19H13ClN2O2/c20-11-18(23)21-13-8-9-16-17(10-13)24-19(22-16)15-7-3-5-12-4-1-2-6-14(12)15/h1-10H,11H2,(H,21,23). The van der Waals surface area contributed by atoms with Gasteiger partial charge >= 0.3 is 0 Å². The number of fused-ring (bicyclic) bond motifs is 2. The van der Waals surface area contributed by atoms with E-state index < -0.39 is 0 Å². The fraction of sp³-hybridized carbons (Fsp3) is 0.0526. The summed E-state index contributed by atoms with van der Waals surface area (Å²) in [6, 6.07) is 19.5. The van der Waals surface area contributed by atoms with Gasteiger partial charge in [0.25, 0.3) is 0 Å². The summed E-state index contributed by atoms with van der Waals surface area (Å²) in [5.41, 5.74) is 2.93. The topological polar surface area (TPSA) is 55.1 Å². The Morgan fingerprint density at radius 3 is 2.79 bits per heavy atom. The fourth-order valence-corrected chi connectivity index (χ4v) is 2.79. The van der Waals surface area contributed by atoms with Crippen molar-refractivity contribution in [3.63, 3.8) is 0 Å². The molecule has 3 aromatic carbocycles. The number of nitrogens with zero attached hydrogens (tertiary/aromatic N) is 1. The maximum Gasteiger partial charge on any atom is 0.239 e. The number of hydrogen-bond acceptors (Lipinski definition) is 3. The summed E-state index contributed by atoms with van der Waals surface area (Å²) in [5, 5.41) is 4.92. The zero-order valence-corrected chi connectivity index (χ0v) is 13.4. The minimum absolute atomic E-state index is 0.0876. The number of carbonyl (C=O) groups excluding carboxylic acids is 1. The molecule has 1 heterocycles. The highest BCUT2D eigenvalue weighted by atomic mass is 35.5. The van der Waals surface area contributed by atoms with E-state index >= 15 is 0 Å². The van der Waals surface area contributed by atoms with Gasteiger partial charge in [0.15, 0.2) is 5.58 Å². The number of nitrogens with one attached hydrogen (secondary N) is 1. The van der Waals surface area contributed by atoms with Crippen LogP contribution < -0.4 is 5.32 Å². The van der Waals surface area contributed by atoms with E-state index in [1.165, 1.54) is 0 Å². The first-order valence-corrected chi connectivity index (χ1v) is 8.02. The molecule has 0 unspecified atom stereocenters. The van der Waals surface area contributed by atoms with E-state index in [-0.39, 0.29) is 11.8 Å². The number of alkyl halides is 1. The second-order valence-corrected chi connectivity index (χ2v) is 5.68. The van der Waals surface area contributed by atoms with Gasteiger partial charge in [-0.2, -0.15) is 0 Å². The van der Waals surface area contributed by atoms with Crippen molar-refractivity contribution in [1.29, 1.82) is 0 Å². The Balaban J connectivity index is 1.81. The molecule has 0 aliphatic carbocycles. The Morgan fingerprint density at radius 2 is 1.92 bits per heavy atom. The van der Waals surface area contributed by atoms with Gasteiger partial charge in [-0.15, -0.1) is 11.6 Å². The average Bonchev–Trinajstić information content (AvgIpc) is 3.04. The van der Waals surface area contributed by atoms with Gasteiger partial charge in [-0.1, -0.05) is 36.4 Å². The molecule has 4 rings (SSSR count). The van der Waals surface area contributed by atoms with E-state index in [9.17, 15) is 4.79 Å². The van der Waals surface area contributed by atoms with Crippen LogP contribution in [-0.2, 0) is 4.79 Å². The molecule has 0 aliphatic heterocycles. The summed E-state index contributed by atoms with van der Waals surface area (Å²) in [5.74, 6) is 0.211. The summed E-state index contributed by atoms with van der Waals surface area (Å²) >= 11 is 5.51. The zero-order valence-electron chi connectivity index (χ0n) is 12.6. The molecule has 0 fully saturated rings. The number of carbonyl (C=O) groups is 1. The summed E-state index contributed by atoms with van der Waals surface area (Å²) in [4.78, 5) is 16.0. The molecule has 24 heavy (non-hydrogen) atoms. The average molecular weight is 337 g/mol. The lowest BCUT2D eigenvalue weighted by Crippen LogP contribution is -2.12. The lowest BCUT2D eigenvalue weighted by Gasteiger charge is -2.02. The van der Waals surface area contributed by atoms with E-state index in [0.717, 1.165) is 21.9 Å². The first-order valence-electron chi connectivity index (χ1n) is 7.49. The highest BCUT2D eigenvalue weighted by Gasteiger charge is 2.12. The maximum absolute atomic E-state index is 11.4. The minimum atomic E-state index is -0.259. The third-order valence-electron chi connectivity index (χ3n) is 3.81. The summed E-state index contributed by atoms with van der Waals surface area (Å²) in [6.45, 7) is 0. The number of halogens is 1. The molecule has 0 atom stereocenters.